The first-order chi connectivity index (χ1) is 12.1. The van der Waals surface area contributed by atoms with Gasteiger partial charge in [-0.3, -0.25) is 9.59 Å². The van der Waals surface area contributed by atoms with Gasteiger partial charge in [-0.05, 0) is 43.5 Å². The maximum Gasteiger partial charge on any atom is 0.227 e. The molecule has 0 saturated carbocycles. The van der Waals surface area contributed by atoms with E-state index in [2.05, 4.69) is 17.6 Å². The van der Waals surface area contributed by atoms with Gasteiger partial charge in [0.2, 0.25) is 11.8 Å². The molecule has 0 radical (unpaired) electrons. The third kappa shape index (κ3) is 6.46. The predicted octanol–water partition coefficient (Wildman–Crippen LogP) is 1.72. The van der Waals surface area contributed by atoms with Crippen LogP contribution in [0.25, 0.3) is 0 Å². The Morgan fingerprint density at radius 3 is 2.68 bits per heavy atom. The van der Waals surface area contributed by atoms with Crippen molar-refractivity contribution in [2.45, 2.75) is 32.6 Å². The molecule has 1 heterocycles. The summed E-state index contributed by atoms with van der Waals surface area (Å²) in [6.45, 7) is 5.57. The van der Waals surface area contributed by atoms with Crippen LogP contribution in [0.15, 0.2) is 24.3 Å². The SMILES string of the molecule is CCCNCCNC(=O)C1CCCN(C(=O)Cc2ccc(F)cc2)C1. The molecule has 0 spiro atoms. The number of hydrogen-bond donors (Lipinski definition) is 2. The second-order valence-electron chi connectivity index (χ2n) is 6.52. The van der Waals surface area contributed by atoms with Crippen LogP contribution in [0.2, 0.25) is 0 Å². The Morgan fingerprint density at radius 1 is 1.20 bits per heavy atom. The Kier molecular flexibility index (Phi) is 7.85. The van der Waals surface area contributed by atoms with E-state index in [9.17, 15) is 14.0 Å². The standard InChI is InChI=1S/C19H28FN3O2/c1-2-9-21-10-11-22-19(25)16-4-3-12-23(14-16)18(24)13-15-5-7-17(20)8-6-15/h5-8,16,21H,2-4,9-14H2,1H3,(H,22,25). The van der Waals surface area contributed by atoms with E-state index in [1.54, 1.807) is 17.0 Å². The van der Waals surface area contributed by atoms with Gasteiger partial charge in [-0.1, -0.05) is 19.1 Å². The fraction of sp³-hybridized carbons (Fsp3) is 0.579. The minimum Gasteiger partial charge on any atom is -0.355 e. The number of piperidine rings is 1. The van der Waals surface area contributed by atoms with E-state index < -0.39 is 0 Å². The van der Waals surface area contributed by atoms with Gasteiger partial charge in [-0.15, -0.1) is 0 Å². The molecule has 1 aliphatic heterocycles. The van der Waals surface area contributed by atoms with Crippen molar-refractivity contribution in [3.63, 3.8) is 0 Å². The molecular weight excluding hydrogens is 321 g/mol. The van der Waals surface area contributed by atoms with Crippen LogP contribution in [0.4, 0.5) is 4.39 Å². The highest BCUT2D eigenvalue weighted by Crippen LogP contribution is 2.18. The number of amides is 2. The summed E-state index contributed by atoms with van der Waals surface area (Å²) in [6, 6.07) is 5.98. The zero-order valence-electron chi connectivity index (χ0n) is 14.9. The lowest BCUT2D eigenvalue weighted by Crippen LogP contribution is -2.46. The van der Waals surface area contributed by atoms with E-state index in [-0.39, 0.29) is 30.0 Å². The molecule has 1 unspecified atom stereocenters. The molecule has 138 valence electrons. The van der Waals surface area contributed by atoms with Crippen LogP contribution < -0.4 is 10.6 Å². The zero-order chi connectivity index (χ0) is 18.1. The van der Waals surface area contributed by atoms with E-state index in [0.29, 0.717) is 19.6 Å². The summed E-state index contributed by atoms with van der Waals surface area (Å²) in [5.41, 5.74) is 0.792. The smallest absolute Gasteiger partial charge is 0.227 e. The van der Waals surface area contributed by atoms with E-state index in [1.807, 2.05) is 0 Å². The Morgan fingerprint density at radius 2 is 1.96 bits per heavy atom. The summed E-state index contributed by atoms with van der Waals surface area (Å²) in [5.74, 6) is -0.428. The number of rotatable bonds is 8. The molecule has 2 N–H and O–H groups in total. The lowest BCUT2D eigenvalue weighted by Gasteiger charge is -2.32. The Hall–Kier alpha value is -1.95. The maximum absolute atomic E-state index is 12.9. The van der Waals surface area contributed by atoms with Gasteiger partial charge < -0.3 is 15.5 Å². The van der Waals surface area contributed by atoms with E-state index in [0.717, 1.165) is 37.9 Å². The first kappa shape index (κ1) is 19.4. The second kappa shape index (κ2) is 10.1. The molecule has 0 bridgehead atoms. The summed E-state index contributed by atoms with van der Waals surface area (Å²) >= 11 is 0. The Bertz CT molecular complexity index is 562. The van der Waals surface area contributed by atoms with Crippen LogP contribution in [0.1, 0.15) is 31.7 Å². The average Bonchev–Trinajstić information content (AvgIpc) is 2.63. The largest absolute Gasteiger partial charge is 0.355 e. The van der Waals surface area contributed by atoms with Crippen LogP contribution in [-0.4, -0.2) is 49.4 Å². The normalized spacial score (nSPS) is 17.4. The van der Waals surface area contributed by atoms with E-state index in [1.165, 1.54) is 12.1 Å². The third-order valence-corrected chi connectivity index (χ3v) is 4.44. The molecule has 1 aromatic carbocycles. The quantitative estimate of drug-likeness (QED) is 0.703. The summed E-state index contributed by atoms with van der Waals surface area (Å²) in [4.78, 5) is 26.5. The van der Waals surface area contributed by atoms with E-state index >= 15 is 0 Å². The number of nitrogens with one attached hydrogen (secondary N) is 2. The maximum atomic E-state index is 12.9. The molecule has 1 saturated heterocycles. The second-order valence-corrected chi connectivity index (χ2v) is 6.52. The summed E-state index contributed by atoms with van der Waals surface area (Å²) in [7, 11) is 0. The number of carbonyl (C=O) groups is 2. The Labute approximate surface area is 149 Å². The summed E-state index contributed by atoms with van der Waals surface area (Å²) in [5, 5.41) is 6.19. The number of benzene rings is 1. The topological polar surface area (TPSA) is 61.4 Å². The molecule has 6 heteroatoms. The predicted molar refractivity (Wildman–Crippen MR) is 95.6 cm³/mol. The van der Waals surface area contributed by atoms with Gasteiger partial charge in [0, 0.05) is 26.2 Å². The fourth-order valence-corrected chi connectivity index (χ4v) is 3.03. The number of carbonyl (C=O) groups excluding carboxylic acids is 2. The van der Waals surface area contributed by atoms with E-state index in [4.69, 9.17) is 0 Å². The highest BCUT2D eigenvalue weighted by Gasteiger charge is 2.28. The van der Waals surface area contributed by atoms with Crippen molar-refractivity contribution in [2.24, 2.45) is 5.92 Å². The van der Waals surface area contributed by atoms with Crippen LogP contribution in [0, 0.1) is 11.7 Å². The van der Waals surface area contributed by atoms with Gasteiger partial charge in [-0.2, -0.15) is 0 Å². The highest BCUT2D eigenvalue weighted by atomic mass is 19.1. The lowest BCUT2D eigenvalue weighted by atomic mass is 9.96. The van der Waals surface area contributed by atoms with Crippen molar-refractivity contribution in [2.75, 3.05) is 32.7 Å². The van der Waals surface area contributed by atoms with Crippen molar-refractivity contribution >= 4 is 11.8 Å². The number of nitrogens with zero attached hydrogens (tertiary/aromatic N) is 1. The number of halogens is 1. The highest BCUT2D eigenvalue weighted by molar-refractivity contribution is 5.82. The number of hydrogen-bond acceptors (Lipinski definition) is 3. The van der Waals surface area contributed by atoms with Crippen molar-refractivity contribution in [1.82, 2.24) is 15.5 Å². The van der Waals surface area contributed by atoms with Gasteiger partial charge in [0.1, 0.15) is 5.82 Å². The van der Waals surface area contributed by atoms with Gasteiger partial charge in [0.15, 0.2) is 0 Å². The van der Waals surface area contributed by atoms with Crippen molar-refractivity contribution in [1.29, 1.82) is 0 Å². The molecule has 1 aliphatic rings. The summed E-state index contributed by atoms with van der Waals surface area (Å²) in [6.07, 6.45) is 2.97. The Balaban J connectivity index is 1.78. The third-order valence-electron chi connectivity index (χ3n) is 4.44. The first-order valence-electron chi connectivity index (χ1n) is 9.10. The van der Waals surface area contributed by atoms with Crippen LogP contribution in [0.5, 0.6) is 0 Å². The van der Waals surface area contributed by atoms with Crippen molar-refractivity contribution < 1.29 is 14.0 Å². The molecule has 1 atom stereocenters. The summed E-state index contributed by atoms with van der Waals surface area (Å²) < 4.78 is 12.9. The number of likely N-dealkylation sites (tertiary alicyclic amines) is 1. The average molecular weight is 349 g/mol. The van der Waals surface area contributed by atoms with Gasteiger partial charge in [0.25, 0.3) is 0 Å². The van der Waals surface area contributed by atoms with Crippen LogP contribution in [-0.2, 0) is 16.0 Å². The first-order valence-corrected chi connectivity index (χ1v) is 9.10. The zero-order valence-corrected chi connectivity index (χ0v) is 14.9. The molecule has 1 fully saturated rings. The minimum atomic E-state index is -0.306. The molecule has 1 aromatic rings. The van der Waals surface area contributed by atoms with Crippen molar-refractivity contribution in [3.05, 3.63) is 35.6 Å². The van der Waals surface area contributed by atoms with Gasteiger partial charge >= 0.3 is 0 Å². The molecule has 5 nitrogen and oxygen atoms in total. The molecular formula is C19H28FN3O2. The molecule has 2 amide bonds. The molecule has 0 aliphatic carbocycles. The van der Waals surface area contributed by atoms with Crippen LogP contribution >= 0.6 is 0 Å². The minimum absolute atomic E-state index is 0.00581. The molecule has 25 heavy (non-hydrogen) atoms. The fourth-order valence-electron chi connectivity index (χ4n) is 3.03. The van der Waals surface area contributed by atoms with Gasteiger partial charge in [0.05, 0.1) is 12.3 Å². The monoisotopic (exact) mass is 349 g/mol. The van der Waals surface area contributed by atoms with Gasteiger partial charge in [-0.25, -0.2) is 4.39 Å². The van der Waals surface area contributed by atoms with Crippen LogP contribution in [0.3, 0.4) is 0 Å². The molecule has 0 aromatic heterocycles. The molecule has 2 rings (SSSR count). The van der Waals surface area contributed by atoms with Crippen molar-refractivity contribution in [3.8, 4) is 0 Å². The lowest BCUT2D eigenvalue weighted by molar-refractivity contribution is -0.135.